The van der Waals surface area contributed by atoms with Crippen LogP contribution in [0.3, 0.4) is 0 Å². The van der Waals surface area contributed by atoms with Crippen molar-refractivity contribution in [2.75, 3.05) is 33.6 Å². The molecule has 0 saturated heterocycles. The summed E-state index contributed by atoms with van der Waals surface area (Å²) in [5.74, 6) is 0.901. The molecule has 1 aromatic rings. The van der Waals surface area contributed by atoms with Crippen molar-refractivity contribution in [3.05, 3.63) is 23.8 Å². The van der Waals surface area contributed by atoms with E-state index in [-0.39, 0.29) is 0 Å². The fourth-order valence-electron chi connectivity index (χ4n) is 3.08. The molecule has 1 aliphatic rings. The largest absolute Gasteiger partial charge is 0.495 e. The smallest absolute Gasteiger partial charge is 0.141 e. The molecule has 1 aliphatic carbocycles. The molecule has 1 saturated carbocycles. The van der Waals surface area contributed by atoms with Gasteiger partial charge in [-0.25, -0.2) is 0 Å². The van der Waals surface area contributed by atoms with Crippen LogP contribution in [0.25, 0.3) is 0 Å². The molecule has 0 amide bonds. The summed E-state index contributed by atoms with van der Waals surface area (Å²) < 4.78 is 11.1. The molecule has 118 valence electrons. The number of methoxy groups -OCH3 is 2. The Morgan fingerprint density at radius 1 is 1.19 bits per heavy atom. The maximum atomic E-state index is 5.63. The average molecular weight is 292 g/mol. The summed E-state index contributed by atoms with van der Waals surface area (Å²) in [6.07, 6.45) is 5.10. The van der Waals surface area contributed by atoms with Crippen molar-refractivity contribution >= 4 is 5.69 Å². The highest BCUT2D eigenvalue weighted by Gasteiger charge is 2.25. The van der Waals surface area contributed by atoms with Crippen LogP contribution in [0.4, 0.5) is 5.69 Å². The Kier molecular flexibility index (Phi) is 5.88. The van der Waals surface area contributed by atoms with Crippen LogP contribution in [0.2, 0.25) is 0 Å². The standard InChI is InChI=1S/C17H28N2O2/c1-19(2)12-13-9-10-17(21-4)15(11-13)18-14-7-5-6-8-16(14)20-3/h9-11,14,16,18H,5-8,12H2,1-4H3. The topological polar surface area (TPSA) is 33.7 Å². The van der Waals surface area contributed by atoms with E-state index in [4.69, 9.17) is 9.47 Å². The van der Waals surface area contributed by atoms with Gasteiger partial charge in [0, 0.05) is 13.7 Å². The first kappa shape index (κ1) is 16.1. The summed E-state index contributed by atoms with van der Waals surface area (Å²) in [4.78, 5) is 2.17. The second kappa shape index (κ2) is 7.66. The predicted molar refractivity (Wildman–Crippen MR) is 87.1 cm³/mol. The van der Waals surface area contributed by atoms with E-state index < -0.39 is 0 Å². The third-order valence-electron chi connectivity index (χ3n) is 4.11. The molecule has 1 fully saturated rings. The molecule has 0 aromatic heterocycles. The summed E-state index contributed by atoms with van der Waals surface area (Å²) in [7, 11) is 7.70. The molecule has 0 aliphatic heterocycles. The van der Waals surface area contributed by atoms with Gasteiger partial charge in [0.2, 0.25) is 0 Å². The lowest BCUT2D eigenvalue weighted by atomic mass is 9.92. The molecule has 0 radical (unpaired) electrons. The molecule has 0 heterocycles. The van der Waals surface area contributed by atoms with Crippen molar-refractivity contribution in [1.29, 1.82) is 0 Å². The third kappa shape index (κ3) is 4.35. The van der Waals surface area contributed by atoms with Crippen LogP contribution in [-0.2, 0) is 11.3 Å². The average Bonchev–Trinajstić information content (AvgIpc) is 2.47. The first-order valence-electron chi connectivity index (χ1n) is 7.75. The minimum atomic E-state index is 0.293. The molecule has 2 atom stereocenters. The molecular weight excluding hydrogens is 264 g/mol. The molecular formula is C17H28N2O2. The highest BCUT2D eigenvalue weighted by molar-refractivity contribution is 5.59. The monoisotopic (exact) mass is 292 g/mol. The molecule has 1 N–H and O–H groups in total. The summed E-state index contributed by atoms with van der Waals surface area (Å²) >= 11 is 0. The fraction of sp³-hybridized carbons (Fsp3) is 0.647. The van der Waals surface area contributed by atoms with E-state index >= 15 is 0 Å². The molecule has 2 rings (SSSR count). The minimum Gasteiger partial charge on any atom is -0.495 e. The van der Waals surface area contributed by atoms with Gasteiger partial charge in [-0.3, -0.25) is 0 Å². The molecule has 4 heteroatoms. The SMILES string of the molecule is COc1ccc(CN(C)C)cc1NC1CCCCC1OC. The van der Waals surface area contributed by atoms with Gasteiger partial charge in [-0.2, -0.15) is 0 Å². The van der Waals surface area contributed by atoms with E-state index in [1.165, 1.54) is 18.4 Å². The molecule has 1 aromatic carbocycles. The number of hydrogen-bond acceptors (Lipinski definition) is 4. The summed E-state index contributed by atoms with van der Waals surface area (Å²) in [6, 6.07) is 6.73. The van der Waals surface area contributed by atoms with E-state index in [0.717, 1.165) is 30.8 Å². The van der Waals surface area contributed by atoms with E-state index in [2.05, 4.69) is 36.4 Å². The summed E-state index contributed by atoms with van der Waals surface area (Å²) in [5, 5.41) is 3.65. The van der Waals surface area contributed by atoms with Crippen LogP contribution >= 0.6 is 0 Å². The second-order valence-electron chi connectivity index (χ2n) is 6.08. The quantitative estimate of drug-likeness (QED) is 0.873. The number of ether oxygens (including phenoxy) is 2. The Labute approximate surface area is 128 Å². The van der Waals surface area contributed by atoms with Crippen molar-refractivity contribution in [2.45, 2.75) is 44.4 Å². The lowest BCUT2D eigenvalue weighted by Gasteiger charge is -2.32. The van der Waals surface area contributed by atoms with Gasteiger partial charge in [0.05, 0.1) is 24.9 Å². The number of rotatable bonds is 6. The minimum absolute atomic E-state index is 0.293. The van der Waals surface area contributed by atoms with Crippen LogP contribution in [0.5, 0.6) is 5.75 Å². The van der Waals surface area contributed by atoms with Crippen molar-refractivity contribution < 1.29 is 9.47 Å². The lowest BCUT2D eigenvalue weighted by molar-refractivity contribution is 0.0605. The second-order valence-corrected chi connectivity index (χ2v) is 6.08. The Bertz CT molecular complexity index is 448. The fourth-order valence-corrected chi connectivity index (χ4v) is 3.08. The van der Waals surface area contributed by atoms with Crippen LogP contribution in [0.1, 0.15) is 31.2 Å². The van der Waals surface area contributed by atoms with Gasteiger partial charge >= 0.3 is 0 Å². The number of benzene rings is 1. The molecule has 21 heavy (non-hydrogen) atoms. The van der Waals surface area contributed by atoms with E-state index in [9.17, 15) is 0 Å². The molecule has 4 nitrogen and oxygen atoms in total. The summed E-state index contributed by atoms with van der Waals surface area (Å²) in [5.41, 5.74) is 2.36. The summed E-state index contributed by atoms with van der Waals surface area (Å²) in [6.45, 7) is 0.928. The zero-order valence-corrected chi connectivity index (χ0v) is 13.7. The van der Waals surface area contributed by atoms with Crippen molar-refractivity contribution in [3.8, 4) is 5.75 Å². The zero-order valence-electron chi connectivity index (χ0n) is 13.7. The Hall–Kier alpha value is -1.26. The van der Waals surface area contributed by atoms with Gasteiger partial charge in [0.1, 0.15) is 5.75 Å². The first-order valence-corrected chi connectivity index (χ1v) is 7.75. The van der Waals surface area contributed by atoms with Crippen LogP contribution in [0.15, 0.2) is 18.2 Å². The number of anilines is 1. The van der Waals surface area contributed by atoms with Crippen LogP contribution in [0, 0.1) is 0 Å². The molecule has 2 unspecified atom stereocenters. The van der Waals surface area contributed by atoms with Gasteiger partial charge < -0.3 is 19.7 Å². The van der Waals surface area contributed by atoms with E-state index in [1.54, 1.807) is 7.11 Å². The Morgan fingerprint density at radius 3 is 2.62 bits per heavy atom. The zero-order chi connectivity index (χ0) is 15.2. The maximum Gasteiger partial charge on any atom is 0.141 e. The Morgan fingerprint density at radius 2 is 1.95 bits per heavy atom. The highest BCUT2D eigenvalue weighted by atomic mass is 16.5. The maximum absolute atomic E-state index is 5.63. The highest BCUT2D eigenvalue weighted by Crippen LogP contribution is 2.30. The Balaban J connectivity index is 2.15. The molecule has 0 bridgehead atoms. The van der Waals surface area contributed by atoms with Crippen LogP contribution in [-0.4, -0.2) is 45.4 Å². The normalized spacial score (nSPS) is 22.3. The van der Waals surface area contributed by atoms with E-state index in [0.29, 0.717) is 12.1 Å². The van der Waals surface area contributed by atoms with Crippen LogP contribution < -0.4 is 10.1 Å². The van der Waals surface area contributed by atoms with Gasteiger partial charge in [-0.1, -0.05) is 18.9 Å². The van der Waals surface area contributed by atoms with Gasteiger partial charge in [0.25, 0.3) is 0 Å². The van der Waals surface area contributed by atoms with Crippen molar-refractivity contribution in [2.24, 2.45) is 0 Å². The first-order chi connectivity index (χ1) is 10.1. The lowest BCUT2D eigenvalue weighted by Crippen LogP contribution is -2.37. The van der Waals surface area contributed by atoms with Crippen molar-refractivity contribution in [3.63, 3.8) is 0 Å². The third-order valence-corrected chi connectivity index (χ3v) is 4.11. The molecule has 0 spiro atoms. The van der Waals surface area contributed by atoms with Crippen molar-refractivity contribution in [1.82, 2.24) is 4.90 Å². The van der Waals surface area contributed by atoms with Gasteiger partial charge in [-0.05, 0) is 44.6 Å². The van der Waals surface area contributed by atoms with E-state index in [1.807, 2.05) is 13.2 Å². The number of hydrogen-bond donors (Lipinski definition) is 1. The van der Waals surface area contributed by atoms with Gasteiger partial charge in [-0.15, -0.1) is 0 Å². The van der Waals surface area contributed by atoms with Gasteiger partial charge in [0.15, 0.2) is 0 Å². The predicted octanol–water partition coefficient (Wildman–Crippen LogP) is 3.13. The number of nitrogens with zero attached hydrogens (tertiary/aromatic N) is 1. The number of nitrogens with one attached hydrogen (secondary N) is 1.